The number of halogens is 2. The van der Waals surface area contributed by atoms with Crippen molar-refractivity contribution in [2.24, 2.45) is 5.92 Å². The average molecular weight is 274 g/mol. The number of aliphatic hydroxyl groups is 1. The minimum atomic E-state index is -0.0858. The number of rotatable bonds is 4. The van der Waals surface area contributed by atoms with E-state index in [1.54, 1.807) is 0 Å². The van der Waals surface area contributed by atoms with Gasteiger partial charge in [0.2, 0.25) is 0 Å². The van der Waals surface area contributed by atoms with Crippen LogP contribution in [0.3, 0.4) is 0 Å². The van der Waals surface area contributed by atoms with Crippen molar-refractivity contribution >= 4 is 23.2 Å². The van der Waals surface area contributed by atoms with E-state index in [9.17, 15) is 5.11 Å². The molecule has 94 valence electrons. The van der Waals surface area contributed by atoms with Crippen molar-refractivity contribution < 1.29 is 5.11 Å². The molecular formula is C13H17Cl2NO. The summed E-state index contributed by atoms with van der Waals surface area (Å²) in [5.41, 5.74) is 0.984. The summed E-state index contributed by atoms with van der Waals surface area (Å²) >= 11 is 12.3. The summed E-state index contributed by atoms with van der Waals surface area (Å²) in [5, 5.41) is 10.7. The number of benzene rings is 1. The molecule has 0 aliphatic heterocycles. The minimum Gasteiger partial charge on any atom is -0.393 e. The second-order valence-electron chi connectivity index (χ2n) is 4.89. The molecule has 1 aliphatic carbocycles. The number of hydrogen-bond donors (Lipinski definition) is 1. The van der Waals surface area contributed by atoms with Crippen LogP contribution in [-0.2, 0) is 6.54 Å². The minimum absolute atomic E-state index is 0.0858. The van der Waals surface area contributed by atoms with Gasteiger partial charge in [-0.05, 0) is 37.9 Å². The van der Waals surface area contributed by atoms with Crippen LogP contribution in [0.5, 0.6) is 0 Å². The average Bonchev–Trinajstić information content (AvgIpc) is 2.21. The van der Waals surface area contributed by atoms with Gasteiger partial charge in [-0.2, -0.15) is 0 Å². The van der Waals surface area contributed by atoms with E-state index in [-0.39, 0.29) is 6.10 Å². The second-order valence-corrected chi connectivity index (χ2v) is 5.70. The number of nitrogens with zero attached hydrogens (tertiary/aromatic N) is 1. The second kappa shape index (κ2) is 5.57. The van der Waals surface area contributed by atoms with Crippen molar-refractivity contribution in [1.82, 2.24) is 4.90 Å². The molecule has 0 bridgehead atoms. The Kier molecular flexibility index (Phi) is 4.31. The summed E-state index contributed by atoms with van der Waals surface area (Å²) < 4.78 is 0. The van der Waals surface area contributed by atoms with Gasteiger partial charge in [-0.1, -0.05) is 29.3 Å². The van der Waals surface area contributed by atoms with Crippen LogP contribution in [0, 0.1) is 5.92 Å². The summed E-state index contributed by atoms with van der Waals surface area (Å²) in [5.74, 6) is 0.608. The van der Waals surface area contributed by atoms with Crippen LogP contribution in [0.4, 0.5) is 0 Å². The molecule has 17 heavy (non-hydrogen) atoms. The smallest absolute Gasteiger partial charge is 0.0546 e. The standard InChI is InChI=1S/C13H17Cl2NO/c1-16(7-9-5-10(17)6-9)8-11-12(14)3-2-4-13(11)15/h2-4,9-10,17H,5-8H2,1H3. The molecule has 1 aromatic carbocycles. The first-order valence-electron chi connectivity index (χ1n) is 5.85. The van der Waals surface area contributed by atoms with E-state index in [4.69, 9.17) is 23.2 Å². The van der Waals surface area contributed by atoms with E-state index < -0.39 is 0 Å². The summed E-state index contributed by atoms with van der Waals surface area (Å²) in [6.07, 6.45) is 1.75. The van der Waals surface area contributed by atoms with E-state index in [0.717, 1.165) is 41.5 Å². The number of aliphatic hydroxyl groups excluding tert-OH is 1. The first-order valence-corrected chi connectivity index (χ1v) is 6.61. The topological polar surface area (TPSA) is 23.5 Å². The van der Waals surface area contributed by atoms with Gasteiger partial charge >= 0.3 is 0 Å². The molecule has 1 saturated carbocycles. The Hall–Kier alpha value is -0.280. The zero-order chi connectivity index (χ0) is 12.4. The Morgan fingerprint density at radius 1 is 1.29 bits per heavy atom. The van der Waals surface area contributed by atoms with Crippen LogP contribution in [0.2, 0.25) is 10.0 Å². The molecule has 2 rings (SSSR count). The predicted molar refractivity (Wildman–Crippen MR) is 71.5 cm³/mol. The zero-order valence-electron chi connectivity index (χ0n) is 9.87. The summed E-state index contributed by atoms with van der Waals surface area (Å²) in [4.78, 5) is 2.21. The lowest BCUT2D eigenvalue weighted by Crippen LogP contribution is -2.36. The van der Waals surface area contributed by atoms with E-state index >= 15 is 0 Å². The molecule has 0 amide bonds. The Morgan fingerprint density at radius 3 is 2.41 bits per heavy atom. The van der Waals surface area contributed by atoms with Crippen molar-refractivity contribution in [1.29, 1.82) is 0 Å². The van der Waals surface area contributed by atoms with Crippen LogP contribution in [0.1, 0.15) is 18.4 Å². The highest BCUT2D eigenvalue weighted by atomic mass is 35.5. The fourth-order valence-electron chi connectivity index (χ4n) is 2.31. The largest absolute Gasteiger partial charge is 0.393 e. The van der Waals surface area contributed by atoms with Crippen molar-refractivity contribution in [3.8, 4) is 0 Å². The third kappa shape index (κ3) is 3.35. The van der Waals surface area contributed by atoms with Crippen molar-refractivity contribution in [3.05, 3.63) is 33.8 Å². The molecule has 0 atom stereocenters. The fraction of sp³-hybridized carbons (Fsp3) is 0.538. The molecule has 0 heterocycles. The van der Waals surface area contributed by atoms with Gasteiger partial charge in [0.05, 0.1) is 6.10 Å². The predicted octanol–water partition coefficient (Wildman–Crippen LogP) is 3.20. The Morgan fingerprint density at radius 2 is 1.88 bits per heavy atom. The normalized spacial score (nSPS) is 23.8. The summed E-state index contributed by atoms with van der Waals surface area (Å²) in [6.45, 7) is 1.74. The maximum Gasteiger partial charge on any atom is 0.0546 e. The van der Waals surface area contributed by atoms with Gasteiger partial charge in [0, 0.05) is 28.7 Å². The van der Waals surface area contributed by atoms with E-state index in [1.165, 1.54) is 0 Å². The Balaban J connectivity index is 1.91. The third-order valence-electron chi connectivity index (χ3n) is 3.27. The van der Waals surface area contributed by atoms with Crippen LogP contribution in [0.25, 0.3) is 0 Å². The lowest BCUT2D eigenvalue weighted by molar-refractivity contribution is 0.0274. The molecular weight excluding hydrogens is 257 g/mol. The molecule has 0 unspecified atom stereocenters. The molecule has 2 nitrogen and oxygen atoms in total. The first-order chi connectivity index (χ1) is 8.06. The van der Waals surface area contributed by atoms with Gasteiger partial charge in [-0.25, -0.2) is 0 Å². The van der Waals surface area contributed by atoms with Gasteiger partial charge in [0.15, 0.2) is 0 Å². The van der Waals surface area contributed by atoms with Gasteiger partial charge in [-0.15, -0.1) is 0 Å². The molecule has 1 fully saturated rings. The molecule has 0 saturated heterocycles. The lowest BCUT2D eigenvalue weighted by atomic mass is 9.82. The van der Waals surface area contributed by atoms with Crippen LogP contribution < -0.4 is 0 Å². The van der Waals surface area contributed by atoms with Gasteiger partial charge in [-0.3, -0.25) is 0 Å². The molecule has 1 N–H and O–H groups in total. The molecule has 4 heteroatoms. The quantitative estimate of drug-likeness (QED) is 0.911. The molecule has 0 radical (unpaired) electrons. The van der Waals surface area contributed by atoms with Crippen LogP contribution in [-0.4, -0.2) is 29.7 Å². The van der Waals surface area contributed by atoms with E-state index in [1.807, 2.05) is 18.2 Å². The molecule has 1 aromatic rings. The van der Waals surface area contributed by atoms with E-state index in [2.05, 4.69) is 11.9 Å². The van der Waals surface area contributed by atoms with Gasteiger partial charge in [0.1, 0.15) is 0 Å². The Labute approximate surface area is 112 Å². The highest BCUT2D eigenvalue weighted by Crippen LogP contribution is 2.29. The summed E-state index contributed by atoms with van der Waals surface area (Å²) in [6, 6.07) is 5.59. The zero-order valence-corrected chi connectivity index (χ0v) is 11.4. The van der Waals surface area contributed by atoms with Crippen molar-refractivity contribution in [2.45, 2.75) is 25.5 Å². The fourth-order valence-corrected chi connectivity index (χ4v) is 2.83. The van der Waals surface area contributed by atoms with Gasteiger partial charge in [0.25, 0.3) is 0 Å². The third-order valence-corrected chi connectivity index (χ3v) is 3.98. The maximum atomic E-state index is 9.25. The highest BCUT2D eigenvalue weighted by Gasteiger charge is 2.28. The van der Waals surface area contributed by atoms with Gasteiger partial charge < -0.3 is 10.0 Å². The molecule has 1 aliphatic rings. The van der Waals surface area contributed by atoms with E-state index in [0.29, 0.717) is 5.92 Å². The van der Waals surface area contributed by atoms with Crippen molar-refractivity contribution in [2.75, 3.05) is 13.6 Å². The first kappa shape index (κ1) is 13.2. The SMILES string of the molecule is CN(Cc1c(Cl)cccc1Cl)CC1CC(O)C1. The van der Waals surface area contributed by atoms with Crippen LogP contribution >= 0.6 is 23.2 Å². The lowest BCUT2D eigenvalue weighted by Gasteiger charge is -2.34. The monoisotopic (exact) mass is 273 g/mol. The molecule has 0 spiro atoms. The summed E-state index contributed by atoms with van der Waals surface area (Å²) in [7, 11) is 2.06. The maximum absolute atomic E-state index is 9.25. The Bertz CT molecular complexity index is 371. The number of hydrogen-bond acceptors (Lipinski definition) is 2. The van der Waals surface area contributed by atoms with Crippen LogP contribution in [0.15, 0.2) is 18.2 Å². The molecule has 0 aromatic heterocycles. The van der Waals surface area contributed by atoms with Crippen molar-refractivity contribution in [3.63, 3.8) is 0 Å². The highest BCUT2D eigenvalue weighted by molar-refractivity contribution is 6.35.